The van der Waals surface area contributed by atoms with Crippen LogP contribution in [0.2, 0.25) is 0 Å². The van der Waals surface area contributed by atoms with Crippen molar-refractivity contribution in [3.63, 3.8) is 0 Å². The van der Waals surface area contributed by atoms with E-state index in [9.17, 15) is 9.59 Å². The molecule has 3 heterocycles. The van der Waals surface area contributed by atoms with Crippen molar-refractivity contribution in [2.75, 3.05) is 7.11 Å². The van der Waals surface area contributed by atoms with E-state index >= 15 is 0 Å². The molecule has 6 nitrogen and oxygen atoms in total. The fourth-order valence-corrected chi connectivity index (χ4v) is 5.65. The molecule has 1 aliphatic carbocycles. The van der Waals surface area contributed by atoms with E-state index in [1.807, 2.05) is 12.1 Å². The summed E-state index contributed by atoms with van der Waals surface area (Å²) in [4.78, 5) is 26.2. The van der Waals surface area contributed by atoms with E-state index in [1.165, 1.54) is 22.7 Å². The Morgan fingerprint density at radius 2 is 2.00 bits per heavy atom. The molecule has 2 aromatic heterocycles. The van der Waals surface area contributed by atoms with Crippen molar-refractivity contribution in [1.29, 1.82) is 0 Å². The van der Waals surface area contributed by atoms with Gasteiger partial charge in [-0.25, -0.2) is 0 Å². The lowest BCUT2D eigenvalue weighted by atomic mass is 9.96. The molecule has 30 heavy (non-hydrogen) atoms. The van der Waals surface area contributed by atoms with E-state index in [1.54, 1.807) is 7.11 Å². The molecular formula is C23H21N3O3S. The summed E-state index contributed by atoms with van der Waals surface area (Å²) in [5.41, 5.74) is 4.91. The second-order valence-electron chi connectivity index (χ2n) is 8.20. The molecule has 0 spiro atoms. The third kappa shape index (κ3) is 2.39. The van der Waals surface area contributed by atoms with Gasteiger partial charge in [-0.2, -0.15) is 0 Å². The minimum atomic E-state index is -0.306. The maximum Gasteiger partial charge on any atom is 0.271 e. The molecule has 6 rings (SSSR count). The van der Waals surface area contributed by atoms with Crippen LogP contribution < -0.4 is 21.0 Å². The Kier molecular flexibility index (Phi) is 3.76. The van der Waals surface area contributed by atoms with E-state index < -0.39 is 0 Å². The lowest BCUT2D eigenvalue weighted by Crippen LogP contribution is -2.15. The molecule has 2 N–H and O–H groups in total. The number of nitrogens with one attached hydrogen (secondary N) is 2. The van der Waals surface area contributed by atoms with Crippen LogP contribution in [-0.2, 0) is 6.54 Å². The first-order valence-corrected chi connectivity index (χ1v) is 11.0. The topological polar surface area (TPSA) is 76.1 Å². The van der Waals surface area contributed by atoms with Crippen LogP contribution >= 0.6 is 11.5 Å². The van der Waals surface area contributed by atoms with Gasteiger partial charge in [-0.1, -0.05) is 12.1 Å². The first-order chi connectivity index (χ1) is 14.6. The van der Waals surface area contributed by atoms with Crippen LogP contribution in [0, 0.1) is 0 Å². The molecule has 0 unspecified atom stereocenters. The van der Waals surface area contributed by atoms with Gasteiger partial charge < -0.3 is 14.6 Å². The lowest BCUT2D eigenvalue weighted by molar-refractivity contribution is 0.419. The number of hydrogen-bond acceptors (Lipinski definition) is 5. The zero-order valence-electron chi connectivity index (χ0n) is 16.7. The Balaban J connectivity index is 1.70. The highest BCUT2D eigenvalue weighted by molar-refractivity contribution is 7.12. The average Bonchev–Trinajstić information content (AvgIpc) is 3.43. The number of ether oxygens (including phenoxy) is 1. The smallest absolute Gasteiger partial charge is 0.271 e. The Morgan fingerprint density at radius 3 is 2.77 bits per heavy atom. The van der Waals surface area contributed by atoms with Crippen molar-refractivity contribution < 1.29 is 4.74 Å². The fourth-order valence-electron chi connectivity index (χ4n) is 4.73. The molecule has 0 bridgehead atoms. The summed E-state index contributed by atoms with van der Waals surface area (Å²) in [5, 5.41) is 4.27. The Morgan fingerprint density at radius 1 is 1.17 bits per heavy atom. The number of nitrogens with zero attached hydrogens (tertiary/aromatic N) is 1. The Bertz CT molecular complexity index is 1460. The summed E-state index contributed by atoms with van der Waals surface area (Å²) in [5.74, 6) is 0.693. The van der Waals surface area contributed by atoms with E-state index in [2.05, 4.69) is 39.4 Å². The van der Waals surface area contributed by atoms with Crippen molar-refractivity contribution in [3.05, 3.63) is 62.0 Å². The van der Waals surface area contributed by atoms with Crippen molar-refractivity contribution in [3.8, 4) is 16.9 Å². The number of aromatic nitrogens is 2. The van der Waals surface area contributed by atoms with Crippen LogP contribution in [0.1, 0.15) is 43.0 Å². The van der Waals surface area contributed by atoms with Crippen LogP contribution in [-0.4, -0.2) is 16.1 Å². The highest BCUT2D eigenvalue weighted by Gasteiger charge is 2.31. The second kappa shape index (κ2) is 6.30. The minimum absolute atomic E-state index is 0.226. The summed E-state index contributed by atoms with van der Waals surface area (Å²) in [6.45, 7) is 3.02. The fraction of sp³-hybridized carbons (Fsp3) is 0.304. The van der Waals surface area contributed by atoms with Gasteiger partial charge >= 0.3 is 0 Å². The molecule has 1 fully saturated rings. The van der Waals surface area contributed by atoms with E-state index in [4.69, 9.17) is 4.74 Å². The van der Waals surface area contributed by atoms with Crippen LogP contribution in [0.15, 0.2) is 39.9 Å². The third-order valence-electron chi connectivity index (χ3n) is 6.38. The molecule has 4 aromatic rings. The monoisotopic (exact) mass is 419 g/mol. The summed E-state index contributed by atoms with van der Waals surface area (Å²) in [7, 11) is 1.65. The standard InChI is InChI=1S/C23H21N3O3S/c1-11-15-6-3-12(9-13(15)10-24-11)16-7-8-17-19(21(16)29-2)26(14-4-5-14)23-18(20(17)27)22(28)25-30-23/h3,6-9,11,14,24H,4-5,10H2,1-2H3,(H,25,28)/t11-/m1/s1. The molecule has 0 radical (unpaired) electrons. The highest BCUT2D eigenvalue weighted by atomic mass is 32.1. The summed E-state index contributed by atoms with van der Waals surface area (Å²) in [6, 6.07) is 10.9. The van der Waals surface area contributed by atoms with Crippen molar-refractivity contribution in [2.24, 2.45) is 0 Å². The van der Waals surface area contributed by atoms with Crippen molar-refractivity contribution in [1.82, 2.24) is 14.3 Å². The molecule has 2 aliphatic rings. The number of rotatable bonds is 3. The molecular weight excluding hydrogens is 398 g/mol. The summed E-state index contributed by atoms with van der Waals surface area (Å²) in [6.07, 6.45) is 2.07. The lowest BCUT2D eigenvalue weighted by Gasteiger charge is -2.18. The predicted octanol–water partition coefficient (Wildman–Crippen LogP) is 4.08. The molecule has 7 heteroatoms. The number of methoxy groups -OCH3 is 1. The Hall–Kier alpha value is -2.90. The maximum absolute atomic E-state index is 13.2. The number of H-pyrrole nitrogens is 1. The second-order valence-corrected chi connectivity index (χ2v) is 9.00. The van der Waals surface area contributed by atoms with Crippen LogP contribution in [0.5, 0.6) is 5.75 Å². The van der Waals surface area contributed by atoms with Gasteiger partial charge in [-0.3, -0.25) is 14.0 Å². The SMILES string of the molecule is COc1c(-c2ccc3c(c2)CN[C@@H]3C)ccc2c(=O)c3c(=O)[nH]sc3n(C3CC3)c12. The largest absolute Gasteiger partial charge is 0.494 e. The molecule has 0 saturated heterocycles. The van der Waals surface area contributed by atoms with E-state index in [-0.39, 0.29) is 22.4 Å². The van der Waals surface area contributed by atoms with Gasteiger partial charge in [0.05, 0.1) is 18.0 Å². The first-order valence-electron chi connectivity index (χ1n) is 10.2. The van der Waals surface area contributed by atoms with Gasteiger partial charge in [-0.05, 0) is 66.2 Å². The van der Waals surface area contributed by atoms with Gasteiger partial charge in [0.15, 0.2) is 5.75 Å². The molecule has 0 amide bonds. The number of fused-ring (bicyclic) bond motifs is 3. The van der Waals surface area contributed by atoms with Crippen LogP contribution in [0.4, 0.5) is 0 Å². The van der Waals surface area contributed by atoms with Gasteiger partial charge in [0, 0.05) is 24.2 Å². The minimum Gasteiger partial charge on any atom is -0.494 e. The van der Waals surface area contributed by atoms with Crippen LogP contribution in [0.25, 0.3) is 32.2 Å². The van der Waals surface area contributed by atoms with Gasteiger partial charge in [-0.15, -0.1) is 0 Å². The van der Waals surface area contributed by atoms with Crippen molar-refractivity contribution >= 4 is 32.7 Å². The number of hydrogen-bond donors (Lipinski definition) is 2. The first kappa shape index (κ1) is 17.9. The summed E-state index contributed by atoms with van der Waals surface area (Å²) < 4.78 is 10.8. The van der Waals surface area contributed by atoms with Crippen molar-refractivity contribution in [2.45, 2.75) is 38.4 Å². The summed E-state index contributed by atoms with van der Waals surface area (Å²) >= 11 is 1.24. The van der Waals surface area contributed by atoms with E-state index in [0.29, 0.717) is 22.0 Å². The normalized spacial score (nSPS) is 18.3. The molecule has 1 saturated carbocycles. The number of pyridine rings is 1. The zero-order chi connectivity index (χ0) is 20.6. The quantitative estimate of drug-likeness (QED) is 0.525. The zero-order valence-corrected chi connectivity index (χ0v) is 17.6. The third-order valence-corrected chi connectivity index (χ3v) is 7.26. The van der Waals surface area contributed by atoms with E-state index in [0.717, 1.165) is 36.0 Å². The van der Waals surface area contributed by atoms with Crippen LogP contribution in [0.3, 0.4) is 0 Å². The van der Waals surface area contributed by atoms with Gasteiger partial charge in [0.25, 0.3) is 5.56 Å². The highest BCUT2D eigenvalue weighted by Crippen LogP contribution is 2.45. The van der Waals surface area contributed by atoms with Gasteiger partial charge in [0.2, 0.25) is 5.43 Å². The maximum atomic E-state index is 13.2. The number of benzene rings is 2. The number of aromatic amines is 1. The molecule has 2 aromatic carbocycles. The molecule has 1 aliphatic heterocycles. The van der Waals surface area contributed by atoms with Gasteiger partial charge in [0.1, 0.15) is 10.2 Å². The molecule has 1 atom stereocenters. The molecule has 152 valence electrons. The average molecular weight is 420 g/mol. The Labute approximate surface area is 176 Å². The predicted molar refractivity (Wildman–Crippen MR) is 120 cm³/mol.